The van der Waals surface area contributed by atoms with Crippen LogP contribution in [-0.2, 0) is 21.0 Å². The maximum absolute atomic E-state index is 14.0. The molecule has 14 heteroatoms. The number of aliphatic carboxylic acids is 1. The number of sulfonamides is 1. The molecule has 0 unspecified atom stereocenters. The molecular formula is C28H25F6NO6S. The summed E-state index contributed by atoms with van der Waals surface area (Å²) in [5.74, 6) is -1.81. The maximum Gasteiger partial charge on any atom is 0.416 e. The molecule has 1 aliphatic heterocycles. The van der Waals surface area contributed by atoms with Crippen molar-refractivity contribution in [2.24, 2.45) is 5.41 Å². The molecule has 0 atom stereocenters. The third kappa shape index (κ3) is 6.75. The van der Waals surface area contributed by atoms with Crippen molar-refractivity contribution in [2.75, 3.05) is 17.5 Å². The summed E-state index contributed by atoms with van der Waals surface area (Å²) in [7, 11) is -4.43. The minimum atomic E-state index is -4.74. The third-order valence-electron chi connectivity index (χ3n) is 6.93. The lowest BCUT2D eigenvalue weighted by Crippen LogP contribution is -2.38. The fourth-order valence-electron chi connectivity index (χ4n) is 4.40. The highest BCUT2D eigenvalue weighted by atomic mass is 32.2. The number of nitrogens with zero attached hydrogens (tertiary/aromatic N) is 1. The zero-order chi connectivity index (χ0) is 30.9. The van der Waals surface area contributed by atoms with Crippen LogP contribution in [0.1, 0.15) is 31.7 Å². The van der Waals surface area contributed by atoms with Gasteiger partial charge in [0.05, 0.1) is 28.1 Å². The number of fused-ring (bicyclic) bond motifs is 1. The lowest BCUT2D eigenvalue weighted by Gasteiger charge is -2.33. The van der Waals surface area contributed by atoms with Gasteiger partial charge in [0.1, 0.15) is 23.9 Å². The Labute approximate surface area is 237 Å². The third-order valence-corrected chi connectivity index (χ3v) is 8.74. The van der Waals surface area contributed by atoms with Gasteiger partial charge in [0.15, 0.2) is 0 Å². The summed E-state index contributed by atoms with van der Waals surface area (Å²) in [4.78, 5) is 9.73. The zero-order valence-corrected chi connectivity index (χ0v) is 22.8. The van der Waals surface area contributed by atoms with E-state index in [1.54, 1.807) is 6.92 Å². The first-order chi connectivity index (χ1) is 19.6. The standard InChI is InChI=1S/C22H15F6NO4S.C6H10O2/c23-16-8-14(9-17(12-16)33-21(24)25)13-4-5-20-19(10-13)29(6-7-32-20)34(30,31)18-3-1-2-15(11-18)22(26,27)28;1-6(5(7)8)3-2-4-6/h1-5,8-12,21H,6-7H2;2-4H2,1H3,(H,7,8). The van der Waals surface area contributed by atoms with Gasteiger partial charge in [0, 0.05) is 6.07 Å². The van der Waals surface area contributed by atoms with E-state index >= 15 is 0 Å². The van der Waals surface area contributed by atoms with Crippen LogP contribution in [0.25, 0.3) is 11.1 Å². The molecule has 0 amide bonds. The van der Waals surface area contributed by atoms with Gasteiger partial charge in [-0.3, -0.25) is 9.10 Å². The Kier molecular flexibility index (Phi) is 8.67. The average molecular weight is 618 g/mol. The van der Waals surface area contributed by atoms with Crippen molar-refractivity contribution >= 4 is 21.7 Å². The van der Waals surface area contributed by atoms with Gasteiger partial charge in [-0.2, -0.15) is 22.0 Å². The van der Waals surface area contributed by atoms with Crippen LogP contribution in [0.15, 0.2) is 65.6 Å². The summed E-state index contributed by atoms with van der Waals surface area (Å²) >= 11 is 0. The molecule has 7 nitrogen and oxygen atoms in total. The number of rotatable bonds is 6. The number of carboxylic acid groups (broad SMARTS) is 1. The first kappa shape index (κ1) is 31.0. The Morgan fingerprint density at radius 2 is 1.76 bits per heavy atom. The second-order valence-electron chi connectivity index (χ2n) is 9.91. The Morgan fingerprint density at radius 1 is 1.05 bits per heavy atom. The average Bonchev–Trinajstić information content (AvgIpc) is 2.90. The summed E-state index contributed by atoms with van der Waals surface area (Å²) < 4.78 is 115. The highest BCUT2D eigenvalue weighted by molar-refractivity contribution is 7.92. The number of anilines is 1. The lowest BCUT2D eigenvalue weighted by atomic mass is 9.71. The van der Waals surface area contributed by atoms with Crippen molar-refractivity contribution in [3.8, 4) is 22.6 Å². The van der Waals surface area contributed by atoms with Gasteiger partial charge in [-0.1, -0.05) is 18.6 Å². The molecule has 0 saturated heterocycles. The van der Waals surface area contributed by atoms with E-state index in [2.05, 4.69) is 4.74 Å². The highest BCUT2D eigenvalue weighted by Crippen LogP contribution is 2.41. The molecule has 3 aromatic carbocycles. The van der Waals surface area contributed by atoms with E-state index in [4.69, 9.17) is 9.84 Å². The Bertz CT molecular complexity index is 1570. The Morgan fingerprint density at radius 3 is 2.33 bits per heavy atom. The van der Waals surface area contributed by atoms with E-state index in [9.17, 15) is 39.6 Å². The summed E-state index contributed by atoms with van der Waals surface area (Å²) in [6.07, 6.45) is -1.93. The molecule has 1 fully saturated rings. The van der Waals surface area contributed by atoms with Crippen LogP contribution in [0, 0.1) is 11.2 Å². The molecule has 0 radical (unpaired) electrons. The molecule has 1 aliphatic carbocycles. The SMILES string of the molecule is CC1(C(=O)O)CCC1.O=S(=O)(c1cccc(C(F)(F)F)c1)N1CCOc2ccc(-c3cc(F)cc(OC(F)F)c3)cc21. The first-order valence-corrected chi connectivity index (χ1v) is 14.0. The van der Waals surface area contributed by atoms with Crippen LogP contribution in [0.3, 0.4) is 0 Å². The number of hydrogen-bond donors (Lipinski definition) is 1. The number of ether oxygens (including phenoxy) is 2. The normalized spacial score (nSPS) is 16.0. The molecule has 2 aliphatic rings. The van der Waals surface area contributed by atoms with E-state index in [1.165, 1.54) is 18.2 Å². The van der Waals surface area contributed by atoms with Gasteiger partial charge in [-0.15, -0.1) is 0 Å². The Hall–Kier alpha value is -3.94. The van der Waals surface area contributed by atoms with Gasteiger partial charge < -0.3 is 14.6 Å². The molecule has 5 rings (SSSR count). The fraction of sp³-hybridized carbons (Fsp3) is 0.321. The zero-order valence-electron chi connectivity index (χ0n) is 22.0. The van der Waals surface area contributed by atoms with E-state index in [0.717, 1.165) is 60.0 Å². The van der Waals surface area contributed by atoms with E-state index in [1.807, 2.05) is 0 Å². The van der Waals surface area contributed by atoms with Crippen LogP contribution < -0.4 is 13.8 Å². The number of carbonyl (C=O) groups is 1. The van der Waals surface area contributed by atoms with Gasteiger partial charge in [-0.05, 0) is 73.4 Å². The molecule has 3 aromatic rings. The van der Waals surface area contributed by atoms with Crippen molar-refractivity contribution in [1.82, 2.24) is 0 Å². The van der Waals surface area contributed by atoms with E-state index in [0.29, 0.717) is 6.07 Å². The summed E-state index contributed by atoms with van der Waals surface area (Å²) in [5.41, 5.74) is -1.13. The molecule has 1 N–H and O–H groups in total. The topological polar surface area (TPSA) is 93.1 Å². The quantitative estimate of drug-likeness (QED) is 0.301. The van der Waals surface area contributed by atoms with Crippen molar-refractivity contribution in [3.05, 3.63) is 72.0 Å². The lowest BCUT2D eigenvalue weighted by molar-refractivity contribution is -0.152. The van der Waals surface area contributed by atoms with Crippen LogP contribution in [0.4, 0.5) is 32.0 Å². The van der Waals surface area contributed by atoms with Crippen LogP contribution in [0.2, 0.25) is 0 Å². The van der Waals surface area contributed by atoms with Crippen molar-refractivity contribution in [2.45, 2.75) is 43.9 Å². The predicted octanol–water partition coefficient (Wildman–Crippen LogP) is 6.96. The summed E-state index contributed by atoms with van der Waals surface area (Å²) in [5, 5.41) is 8.49. The van der Waals surface area contributed by atoms with Gasteiger partial charge in [0.2, 0.25) is 0 Å². The van der Waals surface area contributed by atoms with Crippen molar-refractivity contribution < 1.29 is 54.1 Å². The molecule has 0 bridgehead atoms. The molecule has 0 aromatic heterocycles. The predicted molar refractivity (Wildman–Crippen MR) is 140 cm³/mol. The number of halogens is 6. The first-order valence-electron chi connectivity index (χ1n) is 12.6. The summed E-state index contributed by atoms with van der Waals surface area (Å²) in [6.45, 7) is -1.63. The molecule has 0 spiro atoms. The van der Waals surface area contributed by atoms with Crippen LogP contribution >= 0.6 is 0 Å². The van der Waals surface area contributed by atoms with Crippen molar-refractivity contribution in [3.63, 3.8) is 0 Å². The van der Waals surface area contributed by atoms with Crippen LogP contribution in [-0.4, -0.2) is 39.3 Å². The Balaban J connectivity index is 0.000000437. The van der Waals surface area contributed by atoms with E-state index in [-0.39, 0.29) is 41.1 Å². The molecule has 1 heterocycles. The highest BCUT2D eigenvalue weighted by Gasteiger charge is 2.39. The monoisotopic (exact) mass is 617 g/mol. The second-order valence-corrected chi connectivity index (χ2v) is 11.8. The second kappa shape index (κ2) is 11.7. The number of hydrogen-bond acceptors (Lipinski definition) is 5. The number of alkyl halides is 5. The fourth-order valence-corrected chi connectivity index (χ4v) is 5.90. The van der Waals surface area contributed by atoms with Gasteiger partial charge in [-0.25, -0.2) is 12.8 Å². The number of benzene rings is 3. The minimum absolute atomic E-state index is 0.00162. The molecule has 1 saturated carbocycles. The smallest absolute Gasteiger partial charge is 0.416 e. The maximum atomic E-state index is 14.0. The summed E-state index contributed by atoms with van der Waals surface area (Å²) in [6, 6.07) is 10.5. The van der Waals surface area contributed by atoms with Crippen molar-refractivity contribution in [1.29, 1.82) is 0 Å². The molecule has 226 valence electrons. The molecule has 42 heavy (non-hydrogen) atoms. The number of carboxylic acids is 1. The minimum Gasteiger partial charge on any atom is -0.489 e. The van der Waals surface area contributed by atoms with Gasteiger partial charge in [0.25, 0.3) is 10.0 Å². The van der Waals surface area contributed by atoms with Gasteiger partial charge >= 0.3 is 18.8 Å². The van der Waals surface area contributed by atoms with E-state index < -0.39 is 50.8 Å². The largest absolute Gasteiger partial charge is 0.489 e. The van der Waals surface area contributed by atoms with Crippen LogP contribution in [0.5, 0.6) is 11.5 Å². The molecular weight excluding hydrogens is 592 g/mol.